The van der Waals surface area contributed by atoms with Crippen LogP contribution in [-0.4, -0.2) is 38.7 Å². The molecule has 0 aliphatic heterocycles. The first-order valence-electron chi connectivity index (χ1n) is 12.6. The Bertz CT molecular complexity index is 1650. The number of aromatic amines is 1. The van der Waals surface area contributed by atoms with Gasteiger partial charge in [-0.2, -0.15) is 0 Å². The van der Waals surface area contributed by atoms with Crippen LogP contribution >= 0.6 is 0 Å². The van der Waals surface area contributed by atoms with Gasteiger partial charge in [0.2, 0.25) is 5.91 Å². The van der Waals surface area contributed by atoms with Crippen LogP contribution in [0.2, 0.25) is 0 Å². The number of benzene rings is 3. The van der Waals surface area contributed by atoms with Crippen molar-refractivity contribution < 1.29 is 14.4 Å². The Hall–Kier alpha value is -5.51. The lowest BCUT2D eigenvalue weighted by Gasteiger charge is -2.18. The van der Waals surface area contributed by atoms with Crippen molar-refractivity contribution in [3.63, 3.8) is 0 Å². The molecule has 3 aromatic carbocycles. The second-order valence-corrected chi connectivity index (χ2v) is 9.14. The summed E-state index contributed by atoms with van der Waals surface area (Å²) < 4.78 is 0. The molecule has 5 rings (SSSR count). The largest absolute Gasteiger partial charge is 0.397 e. The van der Waals surface area contributed by atoms with Crippen molar-refractivity contribution in [3.8, 4) is 0 Å². The minimum absolute atomic E-state index is 0.116. The molecule has 0 unspecified atom stereocenters. The molecule has 200 valence electrons. The molecule has 5 aromatic rings. The van der Waals surface area contributed by atoms with Gasteiger partial charge in [-0.05, 0) is 41.5 Å². The number of nitrogens with two attached hydrogens (primary N) is 1. The fourth-order valence-corrected chi connectivity index (χ4v) is 4.27. The van der Waals surface area contributed by atoms with E-state index in [2.05, 4.69) is 30.9 Å². The number of hydrogen-bond donors (Lipinski definition) is 5. The molecule has 10 heteroatoms. The molecule has 0 bridgehead atoms. The number of carbonyl (C=O) groups is 3. The normalized spacial score (nSPS) is 11.5. The molecule has 0 saturated heterocycles. The predicted molar refractivity (Wildman–Crippen MR) is 152 cm³/mol. The summed E-state index contributed by atoms with van der Waals surface area (Å²) in [5, 5.41) is 9.45. The summed E-state index contributed by atoms with van der Waals surface area (Å²) in [5.74, 6) is -1.15. The van der Waals surface area contributed by atoms with Gasteiger partial charge in [0, 0.05) is 48.0 Å². The number of amides is 3. The smallest absolute Gasteiger partial charge is 0.272 e. The third-order valence-corrected chi connectivity index (χ3v) is 6.41. The summed E-state index contributed by atoms with van der Waals surface area (Å²) in [4.78, 5) is 49.9. The number of anilines is 2. The van der Waals surface area contributed by atoms with Gasteiger partial charge in [0.25, 0.3) is 11.8 Å². The van der Waals surface area contributed by atoms with Crippen molar-refractivity contribution in [2.75, 3.05) is 11.1 Å². The molecule has 2 heterocycles. The molecule has 1 atom stereocenters. The number of H-pyrrole nitrogens is 1. The predicted octanol–water partition coefficient (Wildman–Crippen LogP) is 3.45. The molecule has 0 spiro atoms. The van der Waals surface area contributed by atoms with Crippen molar-refractivity contribution in [1.82, 2.24) is 25.6 Å². The van der Waals surface area contributed by atoms with E-state index in [1.807, 2.05) is 30.5 Å². The zero-order valence-corrected chi connectivity index (χ0v) is 21.4. The van der Waals surface area contributed by atoms with E-state index in [4.69, 9.17) is 5.73 Å². The highest BCUT2D eigenvalue weighted by Crippen LogP contribution is 2.20. The van der Waals surface area contributed by atoms with Crippen molar-refractivity contribution >= 4 is 40.0 Å². The van der Waals surface area contributed by atoms with Crippen molar-refractivity contribution in [2.24, 2.45) is 0 Å². The van der Waals surface area contributed by atoms with E-state index in [0.29, 0.717) is 16.9 Å². The molecular weight excluding hydrogens is 506 g/mol. The molecule has 2 aromatic heterocycles. The van der Waals surface area contributed by atoms with Gasteiger partial charge in [0.15, 0.2) is 0 Å². The fraction of sp³-hybridized carbons (Fsp3) is 0.100. The average molecular weight is 534 g/mol. The Kier molecular flexibility index (Phi) is 7.77. The molecule has 6 N–H and O–H groups in total. The maximum atomic E-state index is 13.3. The minimum Gasteiger partial charge on any atom is -0.397 e. The van der Waals surface area contributed by atoms with Crippen LogP contribution in [0, 0.1) is 0 Å². The topological polar surface area (TPSA) is 155 Å². The van der Waals surface area contributed by atoms with Gasteiger partial charge in [0.05, 0.1) is 17.6 Å². The van der Waals surface area contributed by atoms with E-state index in [1.54, 1.807) is 48.5 Å². The van der Waals surface area contributed by atoms with E-state index in [9.17, 15) is 14.4 Å². The standard InChI is InChI=1S/C30H27N7O3/c31-23-6-2-4-8-25(23)36-28(38)20-11-9-19(10-12-20)16-35-29(39)26(37-30(40)27-18-32-13-14-33-27)15-21-17-34-24-7-3-1-5-22(21)24/h1-14,17-18,26,34H,15-16,31H2,(H,35,39)(H,36,38)(H,37,40)/t26-/m0/s1. The first-order chi connectivity index (χ1) is 19.5. The number of hydrogen-bond acceptors (Lipinski definition) is 6. The highest BCUT2D eigenvalue weighted by atomic mass is 16.2. The Balaban J connectivity index is 1.26. The monoisotopic (exact) mass is 533 g/mol. The molecule has 40 heavy (non-hydrogen) atoms. The number of para-hydroxylation sites is 3. The number of nitrogens with zero attached hydrogens (tertiary/aromatic N) is 2. The number of aromatic nitrogens is 3. The van der Waals surface area contributed by atoms with Crippen LogP contribution in [0.1, 0.15) is 32.0 Å². The number of nitrogens with one attached hydrogen (secondary N) is 4. The van der Waals surface area contributed by atoms with Gasteiger partial charge < -0.3 is 26.7 Å². The molecule has 0 aliphatic carbocycles. The van der Waals surface area contributed by atoms with Gasteiger partial charge in [-0.3, -0.25) is 19.4 Å². The zero-order chi connectivity index (χ0) is 27.9. The lowest BCUT2D eigenvalue weighted by molar-refractivity contribution is -0.123. The van der Waals surface area contributed by atoms with Crippen LogP contribution in [0.15, 0.2) is 97.6 Å². The first-order valence-corrected chi connectivity index (χ1v) is 12.6. The van der Waals surface area contributed by atoms with E-state index >= 15 is 0 Å². The second-order valence-electron chi connectivity index (χ2n) is 9.14. The summed E-state index contributed by atoms with van der Waals surface area (Å²) in [6.07, 6.45) is 6.34. The number of nitrogen functional groups attached to an aromatic ring is 1. The van der Waals surface area contributed by atoms with Gasteiger partial charge in [0.1, 0.15) is 11.7 Å². The summed E-state index contributed by atoms with van der Waals surface area (Å²) in [5.41, 5.74) is 10.1. The Labute approximate surface area is 230 Å². The maximum Gasteiger partial charge on any atom is 0.272 e. The maximum absolute atomic E-state index is 13.3. The average Bonchev–Trinajstić information content (AvgIpc) is 3.40. The summed E-state index contributed by atoms with van der Waals surface area (Å²) >= 11 is 0. The molecular formula is C30H27N7O3. The summed E-state index contributed by atoms with van der Waals surface area (Å²) in [6, 6.07) is 20.8. The zero-order valence-electron chi connectivity index (χ0n) is 21.4. The van der Waals surface area contributed by atoms with Crippen LogP contribution in [0.3, 0.4) is 0 Å². The Morgan fingerprint density at radius 1 is 0.900 bits per heavy atom. The third kappa shape index (κ3) is 6.13. The fourth-order valence-electron chi connectivity index (χ4n) is 4.27. The molecule has 10 nitrogen and oxygen atoms in total. The van der Waals surface area contributed by atoms with E-state index in [0.717, 1.165) is 22.0 Å². The summed E-state index contributed by atoms with van der Waals surface area (Å²) in [6.45, 7) is 0.206. The number of carbonyl (C=O) groups excluding carboxylic acids is 3. The minimum atomic E-state index is -0.866. The van der Waals surface area contributed by atoms with E-state index < -0.39 is 11.9 Å². The third-order valence-electron chi connectivity index (χ3n) is 6.41. The van der Waals surface area contributed by atoms with Crippen molar-refractivity contribution in [1.29, 1.82) is 0 Å². The quantitative estimate of drug-likeness (QED) is 0.183. The highest BCUT2D eigenvalue weighted by molar-refractivity contribution is 6.05. The second kappa shape index (κ2) is 11.9. The van der Waals surface area contributed by atoms with Crippen LogP contribution in [-0.2, 0) is 17.8 Å². The Morgan fingerprint density at radius 3 is 2.45 bits per heavy atom. The van der Waals surface area contributed by atoms with Gasteiger partial charge >= 0.3 is 0 Å². The highest BCUT2D eigenvalue weighted by Gasteiger charge is 2.24. The van der Waals surface area contributed by atoms with Gasteiger partial charge in [-0.25, -0.2) is 4.98 Å². The van der Waals surface area contributed by atoms with Crippen LogP contribution in [0.25, 0.3) is 10.9 Å². The number of fused-ring (bicyclic) bond motifs is 1. The van der Waals surface area contributed by atoms with Crippen LogP contribution < -0.4 is 21.7 Å². The lowest BCUT2D eigenvalue weighted by Crippen LogP contribution is -2.48. The SMILES string of the molecule is Nc1ccccc1NC(=O)c1ccc(CNC(=O)[C@H](Cc2c[nH]c3ccccc23)NC(=O)c2cnccn2)cc1. The molecule has 0 fully saturated rings. The van der Waals surface area contributed by atoms with Crippen molar-refractivity contribution in [2.45, 2.75) is 19.0 Å². The van der Waals surface area contributed by atoms with Gasteiger partial charge in [-0.1, -0.05) is 42.5 Å². The van der Waals surface area contributed by atoms with Crippen molar-refractivity contribution in [3.05, 3.63) is 120 Å². The molecule has 0 aliphatic rings. The first kappa shape index (κ1) is 26.1. The number of rotatable bonds is 9. The molecule has 0 radical (unpaired) electrons. The lowest BCUT2D eigenvalue weighted by atomic mass is 10.0. The van der Waals surface area contributed by atoms with E-state index in [-0.39, 0.29) is 30.5 Å². The van der Waals surface area contributed by atoms with Crippen LogP contribution in [0.4, 0.5) is 11.4 Å². The van der Waals surface area contributed by atoms with E-state index in [1.165, 1.54) is 18.6 Å². The Morgan fingerprint density at radius 2 is 1.68 bits per heavy atom. The summed E-state index contributed by atoms with van der Waals surface area (Å²) in [7, 11) is 0. The van der Waals surface area contributed by atoms with Gasteiger partial charge in [-0.15, -0.1) is 0 Å². The molecule has 0 saturated carbocycles. The van der Waals surface area contributed by atoms with Crippen LogP contribution in [0.5, 0.6) is 0 Å². The molecule has 3 amide bonds.